The molecule has 92 valence electrons. The molecule has 0 aliphatic carbocycles. The van der Waals surface area contributed by atoms with Crippen molar-refractivity contribution in [2.24, 2.45) is 0 Å². The molecule has 5 nitrogen and oxygen atoms in total. The van der Waals surface area contributed by atoms with Gasteiger partial charge in [0.2, 0.25) is 5.91 Å². The molecule has 0 heterocycles. The highest BCUT2D eigenvalue weighted by Crippen LogP contribution is 2.17. The van der Waals surface area contributed by atoms with Crippen LogP contribution in [-0.4, -0.2) is 30.1 Å². The van der Waals surface area contributed by atoms with E-state index in [1.165, 1.54) is 0 Å². The van der Waals surface area contributed by atoms with Gasteiger partial charge in [-0.25, -0.2) is 9.18 Å². The predicted molar refractivity (Wildman–Crippen MR) is 60.5 cm³/mol. The number of hydrogen-bond acceptors (Lipinski definition) is 3. The molecule has 0 atom stereocenters. The highest BCUT2D eigenvalue weighted by atomic mass is 19.1. The molecule has 0 saturated carbocycles. The average molecular weight is 240 g/mol. The van der Waals surface area contributed by atoms with Crippen LogP contribution in [0.5, 0.6) is 0 Å². The first-order chi connectivity index (χ1) is 8.04. The van der Waals surface area contributed by atoms with E-state index in [0.717, 1.165) is 18.2 Å². The van der Waals surface area contributed by atoms with Gasteiger partial charge in [0.15, 0.2) is 0 Å². The second-order valence-electron chi connectivity index (χ2n) is 3.32. The van der Waals surface area contributed by atoms with E-state index in [9.17, 15) is 14.0 Å². The van der Waals surface area contributed by atoms with E-state index in [0.29, 0.717) is 6.54 Å². The third kappa shape index (κ3) is 3.84. The number of carboxylic acids is 1. The molecule has 17 heavy (non-hydrogen) atoms. The summed E-state index contributed by atoms with van der Waals surface area (Å²) in [7, 11) is 0. The fourth-order valence-electron chi connectivity index (χ4n) is 1.24. The second-order valence-corrected chi connectivity index (χ2v) is 3.32. The van der Waals surface area contributed by atoms with Gasteiger partial charge in [0.1, 0.15) is 5.82 Å². The number of rotatable bonds is 5. The summed E-state index contributed by atoms with van der Waals surface area (Å²) in [6, 6.07) is 3.12. The largest absolute Gasteiger partial charge is 0.478 e. The Labute approximate surface area is 97.6 Å². The number of halogens is 1. The fourth-order valence-corrected chi connectivity index (χ4v) is 1.24. The van der Waals surface area contributed by atoms with E-state index >= 15 is 0 Å². The van der Waals surface area contributed by atoms with Crippen LogP contribution in [-0.2, 0) is 4.79 Å². The summed E-state index contributed by atoms with van der Waals surface area (Å²) in [5.41, 5.74) is -0.184. The number of amides is 1. The minimum absolute atomic E-state index is 0.0413. The van der Waals surface area contributed by atoms with Gasteiger partial charge < -0.3 is 15.7 Å². The smallest absolute Gasteiger partial charge is 0.337 e. The summed E-state index contributed by atoms with van der Waals surface area (Å²) >= 11 is 0. The van der Waals surface area contributed by atoms with Gasteiger partial charge in [0.05, 0.1) is 17.8 Å². The molecule has 0 radical (unpaired) electrons. The van der Waals surface area contributed by atoms with Gasteiger partial charge >= 0.3 is 5.97 Å². The van der Waals surface area contributed by atoms with E-state index in [4.69, 9.17) is 5.11 Å². The van der Waals surface area contributed by atoms with Crippen molar-refractivity contribution < 1.29 is 19.1 Å². The van der Waals surface area contributed by atoms with Crippen molar-refractivity contribution in [1.82, 2.24) is 5.32 Å². The van der Waals surface area contributed by atoms with Crippen LogP contribution in [0, 0.1) is 5.82 Å². The maximum Gasteiger partial charge on any atom is 0.337 e. The normalized spacial score (nSPS) is 10.0. The summed E-state index contributed by atoms with van der Waals surface area (Å²) in [4.78, 5) is 22.2. The number of nitrogens with one attached hydrogen (secondary N) is 2. The molecule has 0 bridgehead atoms. The molecule has 1 rings (SSSR count). The Morgan fingerprint density at radius 1 is 1.41 bits per heavy atom. The highest BCUT2D eigenvalue weighted by Gasteiger charge is 2.12. The van der Waals surface area contributed by atoms with E-state index in [2.05, 4.69) is 10.6 Å². The van der Waals surface area contributed by atoms with Crippen LogP contribution in [0.1, 0.15) is 17.3 Å². The predicted octanol–water partition coefficient (Wildman–Crippen LogP) is 1.07. The number of likely N-dealkylation sites (N-methyl/N-ethyl adjacent to an activating group) is 1. The number of carboxylic acid groups (broad SMARTS) is 1. The molecule has 0 saturated heterocycles. The molecule has 0 unspecified atom stereocenters. The van der Waals surface area contributed by atoms with Gasteiger partial charge in [0.25, 0.3) is 0 Å². The number of carbonyl (C=O) groups excluding carboxylic acids is 1. The molecule has 6 heteroatoms. The molecule has 0 aliphatic rings. The summed E-state index contributed by atoms with van der Waals surface area (Å²) in [5, 5.41) is 14.0. The zero-order valence-corrected chi connectivity index (χ0v) is 9.29. The van der Waals surface area contributed by atoms with Crippen molar-refractivity contribution in [3.8, 4) is 0 Å². The molecule has 0 aliphatic heterocycles. The Morgan fingerprint density at radius 2 is 2.12 bits per heavy atom. The second kappa shape index (κ2) is 5.95. The standard InChI is InChI=1S/C11H13FN2O3/c1-2-13-6-10(15)14-9-5-7(12)3-4-8(9)11(16)17/h3-5,13H,2,6H2,1H3,(H,14,15)(H,16,17). The first-order valence-electron chi connectivity index (χ1n) is 5.08. The van der Waals surface area contributed by atoms with E-state index in [-0.39, 0.29) is 17.8 Å². The molecule has 1 amide bonds. The van der Waals surface area contributed by atoms with Crippen LogP contribution in [0.2, 0.25) is 0 Å². The lowest BCUT2D eigenvalue weighted by Gasteiger charge is -2.08. The van der Waals surface area contributed by atoms with Gasteiger partial charge in [0, 0.05) is 0 Å². The molecule has 1 aromatic carbocycles. The third-order valence-corrected chi connectivity index (χ3v) is 2.02. The van der Waals surface area contributed by atoms with Crippen molar-refractivity contribution in [3.05, 3.63) is 29.6 Å². The lowest BCUT2D eigenvalue weighted by Crippen LogP contribution is -2.28. The van der Waals surface area contributed by atoms with Crippen LogP contribution in [0.4, 0.5) is 10.1 Å². The van der Waals surface area contributed by atoms with Crippen LogP contribution < -0.4 is 10.6 Å². The number of aromatic carboxylic acids is 1. The number of carbonyl (C=O) groups is 2. The van der Waals surface area contributed by atoms with Crippen LogP contribution in [0.25, 0.3) is 0 Å². The number of anilines is 1. The molecule has 1 aromatic rings. The maximum absolute atomic E-state index is 13.0. The first-order valence-corrected chi connectivity index (χ1v) is 5.08. The maximum atomic E-state index is 13.0. The van der Waals surface area contributed by atoms with E-state index in [1.54, 1.807) is 0 Å². The topological polar surface area (TPSA) is 78.4 Å². The van der Waals surface area contributed by atoms with Gasteiger partial charge in [-0.05, 0) is 24.7 Å². The molecule has 0 spiro atoms. The molecular weight excluding hydrogens is 227 g/mol. The zero-order chi connectivity index (χ0) is 12.8. The highest BCUT2D eigenvalue weighted by molar-refractivity contribution is 6.01. The van der Waals surface area contributed by atoms with Crippen LogP contribution >= 0.6 is 0 Å². The minimum atomic E-state index is -1.22. The SMILES string of the molecule is CCNCC(=O)Nc1cc(F)ccc1C(=O)O. The minimum Gasteiger partial charge on any atom is -0.478 e. The quantitative estimate of drug-likeness (QED) is 0.719. The zero-order valence-electron chi connectivity index (χ0n) is 9.29. The Bertz CT molecular complexity index is 435. The summed E-state index contributed by atoms with van der Waals surface area (Å²) in [6.07, 6.45) is 0. The summed E-state index contributed by atoms with van der Waals surface area (Å²) in [5.74, 6) is -2.24. The Kier molecular flexibility index (Phi) is 4.59. The summed E-state index contributed by atoms with van der Waals surface area (Å²) < 4.78 is 13.0. The monoisotopic (exact) mass is 240 g/mol. The lowest BCUT2D eigenvalue weighted by molar-refractivity contribution is -0.115. The number of benzene rings is 1. The fraction of sp³-hybridized carbons (Fsp3) is 0.273. The van der Waals surface area contributed by atoms with E-state index < -0.39 is 17.7 Å². The van der Waals surface area contributed by atoms with Crippen molar-refractivity contribution in [1.29, 1.82) is 0 Å². The van der Waals surface area contributed by atoms with Crippen molar-refractivity contribution >= 4 is 17.6 Å². The van der Waals surface area contributed by atoms with Crippen LogP contribution in [0.3, 0.4) is 0 Å². The van der Waals surface area contributed by atoms with Gasteiger partial charge in [-0.3, -0.25) is 4.79 Å². The van der Waals surface area contributed by atoms with Gasteiger partial charge in [-0.15, -0.1) is 0 Å². The molecule has 0 fully saturated rings. The van der Waals surface area contributed by atoms with Crippen molar-refractivity contribution in [3.63, 3.8) is 0 Å². The van der Waals surface area contributed by atoms with Gasteiger partial charge in [-0.1, -0.05) is 6.92 Å². The molecular formula is C11H13FN2O3. The van der Waals surface area contributed by atoms with Crippen molar-refractivity contribution in [2.75, 3.05) is 18.4 Å². The van der Waals surface area contributed by atoms with E-state index in [1.807, 2.05) is 6.92 Å². The molecule has 0 aromatic heterocycles. The van der Waals surface area contributed by atoms with Crippen molar-refractivity contribution in [2.45, 2.75) is 6.92 Å². The Morgan fingerprint density at radius 3 is 2.71 bits per heavy atom. The van der Waals surface area contributed by atoms with Crippen LogP contribution in [0.15, 0.2) is 18.2 Å². The summed E-state index contributed by atoms with van der Waals surface area (Å²) in [6.45, 7) is 2.49. The Hall–Kier alpha value is -1.95. The lowest BCUT2D eigenvalue weighted by atomic mass is 10.1. The first kappa shape index (κ1) is 13.1. The van der Waals surface area contributed by atoms with Gasteiger partial charge in [-0.2, -0.15) is 0 Å². The number of hydrogen-bond donors (Lipinski definition) is 3. The molecule has 3 N–H and O–H groups in total. The average Bonchev–Trinajstić information content (AvgIpc) is 2.26. The Balaban J connectivity index is 2.85. The third-order valence-electron chi connectivity index (χ3n) is 2.02.